The van der Waals surface area contributed by atoms with Crippen molar-refractivity contribution in [1.82, 2.24) is 0 Å². The highest BCUT2D eigenvalue weighted by Crippen LogP contribution is 2.32. The summed E-state index contributed by atoms with van der Waals surface area (Å²) in [6, 6.07) is 10.5. The van der Waals surface area contributed by atoms with Crippen molar-refractivity contribution >= 4 is 6.08 Å². The first-order valence-electron chi connectivity index (χ1n) is 5.74. The van der Waals surface area contributed by atoms with Crippen molar-refractivity contribution in [3.8, 4) is 0 Å². The van der Waals surface area contributed by atoms with Crippen molar-refractivity contribution in [3.05, 3.63) is 54.6 Å². The first-order valence-corrected chi connectivity index (χ1v) is 5.74. The van der Waals surface area contributed by atoms with E-state index in [4.69, 9.17) is 0 Å². The average Bonchev–Trinajstić information content (AvgIpc) is 2.76. The van der Waals surface area contributed by atoms with Crippen molar-refractivity contribution in [3.63, 3.8) is 0 Å². The van der Waals surface area contributed by atoms with Crippen LogP contribution >= 0.6 is 0 Å². The van der Waals surface area contributed by atoms with Crippen LogP contribution in [0.25, 0.3) is 6.08 Å². The van der Waals surface area contributed by atoms with Gasteiger partial charge in [-0.2, -0.15) is 0 Å². The van der Waals surface area contributed by atoms with Crippen LogP contribution in [-0.2, 0) is 0 Å². The molecule has 0 saturated heterocycles. The molecule has 2 atom stereocenters. The van der Waals surface area contributed by atoms with Gasteiger partial charge in [0.1, 0.15) is 0 Å². The second-order valence-corrected chi connectivity index (χ2v) is 4.34. The lowest BCUT2D eigenvalue weighted by molar-refractivity contribution is 0.641. The lowest BCUT2D eigenvalue weighted by atomic mass is 10.0. The van der Waals surface area contributed by atoms with Crippen LogP contribution in [0, 0.1) is 11.8 Å². The Bertz CT molecular complexity index is 334. The van der Waals surface area contributed by atoms with E-state index in [9.17, 15) is 0 Å². The molecule has 0 heterocycles. The minimum absolute atomic E-state index is 0.746. The number of allylic oxidation sites excluding steroid dienone is 2. The predicted octanol–water partition coefficient (Wildman–Crippen LogP) is 4.30. The average molecular weight is 198 g/mol. The number of hydrogen-bond donors (Lipinski definition) is 0. The third-order valence-electron chi connectivity index (χ3n) is 3.21. The van der Waals surface area contributed by atoms with Gasteiger partial charge in [-0.25, -0.2) is 0 Å². The van der Waals surface area contributed by atoms with Gasteiger partial charge in [0.2, 0.25) is 0 Å². The molecule has 0 aromatic heterocycles. The predicted molar refractivity (Wildman–Crippen MR) is 66.5 cm³/mol. The van der Waals surface area contributed by atoms with Crippen molar-refractivity contribution < 1.29 is 0 Å². The summed E-state index contributed by atoms with van der Waals surface area (Å²) in [7, 11) is 0. The van der Waals surface area contributed by atoms with Gasteiger partial charge < -0.3 is 0 Å². The lowest BCUT2D eigenvalue weighted by Gasteiger charge is -2.02. The molecular weight excluding hydrogens is 180 g/mol. The zero-order valence-corrected chi connectivity index (χ0v) is 9.10. The maximum atomic E-state index is 3.87. The van der Waals surface area contributed by atoms with Crippen LogP contribution in [0.1, 0.15) is 24.8 Å². The van der Waals surface area contributed by atoms with Crippen molar-refractivity contribution in [2.24, 2.45) is 11.8 Å². The fourth-order valence-corrected chi connectivity index (χ4v) is 2.25. The van der Waals surface area contributed by atoms with Crippen LogP contribution in [0.5, 0.6) is 0 Å². The molecule has 1 aromatic carbocycles. The Morgan fingerprint density at radius 2 is 1.80 bits per heavy atom. The Morgan fingerprint density at radius 1 is 1.07 bits per heavy atom. The van der Waals surface area contributed by atoms with Gasteiger partial charge in [-0.3, -0.25) is 0 Å². The van der Waals surface area contributed by atoms with Crippen LogP contribution in [0.3, 0.4) is 0 Å². The van der Waals surface area contributed by atoms with Crippen molar-refractivity contribution in [1.29, 1.82) is 0 Å². The maximum absolute atomic E-state index is 3.87. The van der Waals surface area contributed by atoms with Crippen LogP contribution in [0.4, 0.5) is 0 Å². The molecule has 0 amide bonds. The summed E-state index contributed by atoms with van der Waals surface area (Å²) in [5.41, 5.74) is 1.31. The minimum atomic E-state index is 0.746. The molecule has 0 nitrogen and oxygen atoms in total. The van der Waals surface area contributed by atoms with E-state index in [1.165, 1.54) is 24.8 Å². The van der Waals surface area contributed by atoms with Gasteiger partial charge in [-0.15, -0.1) is 6.58 Å². The van der Waals surface area contributed by atoms with E-state index in [1.807, 2.05) is 0 Å². The fourth-order valence-electron chi connectivity index (χ4n) is 2.25. The number of benzene rings is 1. The summed E-state index contributed by atoms with van der Waals surface area (Å²) in [6.45, 7) is 3.87. The van der Waals surface area contributed by atoms with E-state index in [-0.39, 0.29) is 0 Å². The molecular formula is C15H18. The molecule has 0 bridgehead atoms. The molecule has 78 valence electrons. The summed E-state index contributed by atoms with van der Waals surface area (Å²) >= 11 is 0. The SMILES string of the molecule is C=CC1CCC(/C=C/c2ccccc2)C1. The summed E-state index contributed by atoms with van der Waals surface area (Å²) in [6.07, 6.45) is 10.6. The highest BCUT2D eigenvalue weighted by Gasteiger charge is 2.19. The van der Waals surface area contributed by atoms with Gasteiger partial charge in [-0.05, 0) is 36.7 Å². The number of rotatable bonds is 3. The van der Waals surface area contributed by atoms with Crippen molar-refractivity contribution in [2.75, 3.05) is 0 Å². The summed E-state index contributed by atoms with van der Waals surface area (Å²) in [5, 5.41) is 0. The molecule has 1 aliphatic carbocycles. The fraction of sp³-hybridized carbons (Fsp3) is 0.333. The van der Waals surface area contributed by atoms with E-state index in [1.54, 1.807) is 0 Å². The first-order chi connectivity index (χ1) is 7.38. The second kappa shape index (κ2) is 4.97. The molecule has 2 rings (SSSR count). The Balaban J connectivity index is 1.93. The highest BCUT2D eigenvalue weighted by molar-refractivity contribution is 5.49. The van der Waals surface area contributed by atoms with Gasteiger partial charge in [-0.1, -0.05) is 48.6 Å². The summed E-state index contributed by atoms with van der Waals surface area (Å²) in [4.78, 5) is 0. The van der Waals surface area contributed by atoms with E-state index >= 15 is 0 Å². The molecule has 1 aliphatic rings. The third kappa shape index (κ3) is 2.82. The normalized spacial score (nSPS) is 25.9. The number of hydrogen-bond acceptors (Lipinski definition) is 0. The first kappa shape index (κ1) is 10.2. The Kier molecular flexibility index (Phi) is 3.39. The zero-order chi connectivity index (χ0) is 10.5. The zero-order valence-electron chi connectivity index (χ0n) is 9.10. The molecule has 2 unspecified atom stereocenters. The van der Waals surface area contributed by atoms with Crippen LogP contribution in [-0.4, -0.2) is 0 Å². The van der Waals surface area contributed by atoms with Crippen LogP contribution < -0.4 is 0 Å². The van der Waals surface area contributed by atoms with Gasteiger partial charge >= 0.3 is 0 Å². The molecule has 15 heavy (non-hydrogen) atoms. The smallest absolute Gasteiger partial charge is 0.0224 e. The molecule has 0 heteroatoms. The Labute approximate surface area is 92.3 Å². The van der Waals surface area contributed by atoms with E-state index in [2.05, 4.69) is 55.1 Å². The Morgan fingerprint density at radius 3 is 2.47 bits per heavy atom. The van der Waals surface area contributed by atoms with Crippen LogP contribution in [0.2, 0.25) is 0 Å². The van der Waals surface area contributed by atoms with Gasteiger partial charge in [0.15, 0.2) is 0 Å². The summed E-state index contributed by atoms with van der Waals surface area (Å²) in [5.74, 6) is 1.50. The van der Waals surface area contributed by atoms with Gasteiger partial charge in [0.25, 0.3) is 0 Å². The Hall–Kier alpha value is -1.30. The van der Waals surface area contributed by atoms with Crippen LogP contribution in [0.15, 0.2) is 49.1 Å². The monoisotopic (exact) mass is 198 g/mol. The summed E-state index contributed by atoms with van der Waals surface area (Å²) < 4.78 is 0. The lowest BCUT2D eigenvalue weighted by Crippen LogP contribution is -1.89. The molecule has 0 N–H and O–H groups in total. The van der Waals surface area contributed by atoms with E-state index in [0.29, 0.717) is 0 Å². The highest BCUT2D eigenvalue weighted by atomic mass is 14.2. The molecule has 1 aromatic rings. The second-order valence-electron chi connectivity index (χ2n) is 4.34. The minimum Gasteiger partial charge on any atom is -0.103 e. The van der Waals surface area contributed by atoms with Crippen molar-refractivity contribution in [2.45, 2.75) is 19.3 Å². The largest absolute Gasteiger partial charge is 0.103 e. The topological polar surface area (TPSA) is 0 Å². The maximum Gasteiger partial charge on any atom is -0.0224 e. The van der Waals surface area contributed by atoms with Gasteiger partial charge in [0.05, 0.1) is 0 Å². The third-order valence-corrected chi connectivity index (χ3v) is 3.21. The molecule has 0 aliphatic heterocycles. The standard InChI is InChI=1S/C15H18/c1-2-13-8-10-15(12-13)11-9-14-6-4-3-5-7-14/h2-7,9,11,13,15H,1,8,10,12H2/b11-9+. The molecule has 0 radical (unpaired) electrons. The van der Waals surface area contributed by atoms with E-state index < -0.39 is 0 Å². The van der Waals surface area contributed by atoms with E-state index in [0.717, 1.165) is 11.8 Å². The molecule has 1 fully saturated rings. The quantitative estimate of drug-likeness (QED) is 0.635. The van der Waals surface area contributed by atoms with Gasteiger partial charge in [0, 0.05) is 0 Å². The molecule has 0 spiro atoms. The molecule has 1 saturated carbocycles.